The van der Waals surface area contributed by atoms with Crippen LogP contribution in [0.1, 0.15) is 121 Å². The number of phenolic OH excluding ortho intramolecular Hbond substituents is 3. The maximum Gasteiger partial charge on any atom is 0.122 e. The summed E-state index contributed by atoms with van der Waals surface area (Å²) in [6.07, 6.45) is 9.14. The van der Waals surface area contributed by atoms with Crippen molar-refractivity contribution in [3.63, 3.8) is 0 Å². The van der Waals surface area contributed by atoms with E-state index >= 15 is 0 Å². The molecular weight excluding hydrogens is 854 g/mol. The van der Waals surface area contributed by atoms with Crippen molar-refractivity contribution in [2.75, 3.05) is 0 Å². The Balaban J connectivity index is 0.00000248. The lowest BCUT2D eigenvalue weighted by molar-refractivity contribution is 0.411. The molecule has 0 radical (unpaired) electrons. The molecule has 5 aromatic carbocycles. The molecule has 0 saturated heterocycles. The Morgan fingerprint density at radius 1 is 0.490 bits per heavy atom. The Morgan fingerprint density at radius 2 is 0.941 bits per heavy atom. The summed E-state index contributed by atoms with van der Waals surface area (Å²) in [6, 6.07) is 24.4. The van der Waals surface area contributed by atoms with E-state index in [1.54, 1.807) is 24.3 Å². The highest BCUT2D eigenvalue weighted by Gasteiger charge is 2.23. The maximum absolute atomic E-state index is 12.0. The van der Waals surface area contributed by atoms with Gasteiger partial charge in [0.15, 0.2) is 0 Å². The Bertz CT molecular complexity index is 1970. The molecule has 6 rings (SSSR count). The van der Waals surface area contributed by atoms with Crippen LogP contribution in [0.15, 0.2) is 72.8 Å². The van der Waals surface area contributed by atoms with Gasteiger partial charge in [0.25, 0.3) is 0 Å². The van der Waals surface area contributed by atoms with Crippen molar-refractivity contribution in [2.45, 2.75) is 105 Å². The second-order valence-corrected chi connectivity index (χ2v) is 14.7. The first-order chi connectivity index (χ1) is 24.5. The van der Waals surface area contributed by atoms with Gasteiger partial charge in [-0.25, -0.2) is 0 Å². The molecule has 5 aromatic rings. The summed E-state index contributed by atoms with van der Waals surface area (Å²) in [4.78, 5) is 0. The fourth-order valence-electron chi connectivity index (χ4n) is 8.09. The highest BCUT2D eigenvalue weighted by atomic mass is 128. The molecule has 3 nitrogen and oxygen atoms in total. The molecule has 0 bridgehead atoms. The van der Waals surface area contributed by atoms with Crippen LogP contribution in [0, 0.1) is 41.5 Å². The first kappa shape index (κ1) is 39.2. The summed E-state index contributed by atoms with van der Waals surface area (Å²) >= 11 is 4.24. The van der Waals surface area contributed by atoms with Crippen molar-refractivity contribution >= 4 is 37.2 Å². The number of phenols is 3. The topological polar surface area (TPSA) is 60.7 Å². The van der Waals surface area contributed by atoms with Gasteiger partial charge in [-0.3, -0.25) is 0 Å². The van der Waals surface area contributed by atoms with Crippen molar-refractivity contribution in [3.8, 4) is 17.2 Å². The quantitative estimate of drug-likeness (QED) is 0.129. The summed E-state index contributed by atoms with van der Waals surface area (Å²) in [5.41, 5.74) is 18.9. The standard InChI is InChI=1S/C46H52O3.I2/c1-28-20-38(32(5)43(30(28)3)24-34-12-16-41(47)17-13-34)22-36-23-40(46(49)45(26-36)37-10-8-7-9-11-37)27-39-21-29(2)31(4)44(33(39)6)25-35-14-18-42(48)19-15-35;1-2/h12-21,23,26,37,47-49H,7-11,22,24-25,27H2,1-6H3;. The Kier molecular flexibility index (Phi) is 13.6. The minimum Gasteiger partial charge on any atom is -0.508 e. The number of aryl methyl sites for hydroxylation is 2. The van der Waals surface area contributed by atoms with Crippen molar-refractivity contribution in [3.05, 3.63) is 156 Å². The fraction of sp³-hybridized carbons (Fsp3) is 0.348. The van der Waals surface area contributed by atoms with Gasteiger partial charge in [-0.15, -0.1) is 0 Å². The predicted molar refractivity (Wildman–Crippen MR) is 231 cm³/mol. The van der Waals surface area contributed by atoms with Gasteiger partial charge in [0.1, 0.15) is 17.2 Å². The number of benzene rings is 5. The van der Waals surface area contributed by atoms with Gasteiger partial charge in [-0.05, 0) is 187 Å². The minimum absolute atomic E-state index is 0.288. The minimum atomic E-state index is 0.288. The number of hydrogen-bond donors (Lipinski definition) is 3. The van der Waals surface area contributed by atoms with Crippen LogP contribution in [0.25, 0.3) is 0 Å². The molecule has 0 aromatic heterocycles. The van der Waals surface area contributed by atoms with Gasteiger partial charge < -0.3 is 15.3 Å². The summed E-state index contributed by atoms with van der Waals surface area (Å²) in [7, 11) is 0. The van der Waals surface area contributed by atoms with Crippen LogP contribution in [0.2, 0.25) is 0 Å². The van der Waals surface area contributed by atoms with Gasteiger partial charge in [-0.2, -0.15) is 0 Å². The lowest BCUT2D eigenvalue weighted by Gasteiger charge is -2.25. The Hall–Kier alpha value is -3.04. The molecule has 0 heterocycles. The molecule has 0 amide bonds. The monoisotopic (exact) mass is 906 g/mol. The molecule has 51 heavy (non-hydrogen) atoms. The molecule has 268 valence electrons. The Morgan fingerprint density at radius 3 is 1.41 bits per heavy atom. The van der Waals surface area contributed by atoms with Crippen LogP contribution in [0.4, 0.5) is 0 Å². The summed E-state index contributed by atoms with van der Waals surface area (Å²) in [6.45, 7) is 13.3. The van der Waals surface area contributed by atoms with E-state index in [9.17, 15) is 15.3 Å². The lowest BCUT2D eigenvalue weighted by Crippen LogP contribution is -2.09. The van der Waals surface area contributed by atoms with Gasteiger partial charge in [0, 0.05) is 43.7 Å². The molecular formula is C46H52I2O3. The molecule has 1 aliphatic carbocycles. The average molecular weight is 907 g/mol. The molecule has 0 unspecified atom stereocenters. The normalized spacial score (nSPS) is 13.2. The van der Waals surface area contributed by atoms with E-state index < -0.39 is 0 Å². The third-order valence-corrected chi connectivity index (χ3v) is 11.5. The molecule has 1 aliphatic rings. The summed E-state index contributed by atoms with van der Waals surface area (Å²) in [5, 5.41) is 31.6. The highest BCUT2D eigenvalue weighted by Crippen LogP contribution is 2.41. The van der Waals surface area contributed by atoms with Crippen LogP contribution in [-0.2, 0) is 25.7 Å². The number of aromatic hydroxyl groups is 3. The van der Waals surface area contributed by atoms with Crippen LogP contribution in [-0.4, -0.2) is 15.3 Å². The van der Waals surface area contributed by atoms with Crippen LogP contribution < -0.4 is 0 Å². The largest absolute Gasteiger partial charge is 0.508 e. The third-order valence-electron chi connectivity index (χ3n) is 11.5. The second kappa shape index (κ2) is 17.7. The lowest BCUT2D eigenvalue weighted by atomic mass is 9.80. The zero-order valence-electron chi connectivity index (χ0n) is 31.0. The van der Waals surface area contributed by atoms with Gasteiger partial charge in [0.2, 0.25) is 0 Å². The SMILES string of the molecule is Cc1cc(Cc2cc(Cc3cc(C)c(C)c(Cc4ccc(O)cc4)c3C)c(O)c(C3CCCCC3)c2)c(C)c(Cc2ccc(O)cc2)c1C.II. The summed E-state index contributed by atoms with van der Waals surface area (Å²) in [5.74, 6) is 1.46. The van der Waals surface area contributed by atoms with E-state index in [-0.39, 0.29) is 5.75 Å². The average Bonchev–Trinajstić information content (AvgIpc) is 3.13. The van der Waals surface area contributed by atoms with E-state index in [1.807, 2.05) is 24.3 Å². The summed E-state index contributed by atoms with van der Waals surface area (Å²) < 4.78 is 0. The van der Waals surface area contributed by atoms with Crippen LogP contribution >= 0.6 is 37.2 Å². The van der Waals surface area contributed by atoms with E-state index in [4.69, 9.17) is 0 Å². The third kappa shape index (κ3) is 9.31. The molecule has 1 fully saturated rings. The van der Waals surface area contributed by atoms with Crippen molar-refractivity contribution in [1.29, 1.82) is 0 Å². The van der Waals surface area contributed by atoms with Crippen LogP contribution in [0.5, 0.6) is 17.2 Å². The molecule has 0 atom stereocenters. The number of halogens is 2. The van der Waals surface area contributed by atoms with Crippen molar-refractivity contribution in [2.24, 2.45) is 0 Å². The molecule has 0 aliphatic heterocycles. The smallest absolute Gasteiger partial charge is 0.122 e. The maximum atomic E-state index is 12.0. The molecule has 0 spiro atoms. The molecule has 5 heteroatoms. The highest BCUT2D eigenvalue weighted by molar-refractivity contribution is 15.0. The number of rotatable bonds is 9. The van der Waals surface area contributed by atoms with E-state index in [0.29, 0.717) is 23.8 Å². The van der Waals surface area contributed by atoms with Crippen molar-refractivity contribution < 1.29 is 15.3 Å². The van der Waals surface area contributed by atoms with E-state index in [1.165, 1.54) is 91.6 Å². The zero-order chi connectivity index (χ0) is 36.8. The van der Waals surface area contributed by atoms with Crippen LogP contribution in [0.3, 0.4) is 0 Å². The van der Waals surface area contributed by atoms with Gasteiger partial charge in [-0.1, -0.05) is 67.8 Å². The number of hydrogen-bond acceptors (Lipinski definition) is 3. The van der Waals surface area contributed by atoms with Gasteiger partial charge in [0.05, 0.1) is 0 Å². The van der Waals surface area contributed by atoms with E-state index in [2.05, 4.69) is 103 Å². The second-order valence-electron chi connectivity index (χ2n) is 14.7. The van der Waals surface area contributed by atoms with Crippen molar-refractivity contribution in [1.82, 2.24) is 0 Å². The van der Waals surface area contributed by atoms with E-state index in [0.717, 1.165) is 43.2 Å². The van der Waals surface area contributed by atoms with Gasteiger partial charge >= 0.3 is 0 Å². The zero-order valence-corrected chi connectivity index (χ0v) is 35.3. The first-order valence-corrected chi connectivity index (χ1v) is 24.5. The predicted octanol–water partition coefficient (Wildman–Crippen LogP) is 12.8. The molecule has 3 N–H and O–H groups in total. The Labute approximate surface area is 328 Å². The molecule has 1 saturated carbocycles. The fourth-order valence-corrected chi connectivity index (χ4v) is 8.09. The first-order valence-electron chi connectivity index (χ1n) is 18.2.